The molecule has 2 rings (SSSR count). The highest BCUT2D eigenvalue weighted by molar-refractivity contribution is 9.10. The third-order valence-corrected chi connectivity index (χ3v) is 4.17. The van der Waals surface area contributed by atoms with Gasteiger partial charge in [0, 0.05) is 12.5 Å². The highest BCUT2D eigenvalue weighted by Gasteiger charge is 2.23. The first-order valence-corrected chi connectivity index (χ1v) is 7.42. The van der Waals surface area contributed by atoms with Crippen molar-refractivity contribution >= 4 is 21.9 Å². The van der Waals surface area contributed by atoms with Gasteiger partial charge in [-0.3, -0.25) is 4.79 Å². The monoisotopic (exact) mass is 343 g/mol. The number of carboxylic acids is 1. The third kappa shape index (κ3) is 3.07. The lowest BCUT2D eigenvalue weighted by Gasteiger charge is -2.25. The first kappa shape index (κ1) is 15.1. The Balaban J connectivity index is 2.36. The van der Waals surface area contributed by atoms with Gasteiger partial charge in [-0.2, -0.15) is 0 Å². The fraction of sp³-hybridized carbons (Fsp3) is 0.500. The summed E-state index contributed by atoms with van der Waals surface area (Å²) in [7, 11) is 0. The Morgan fingerprint density at radius 1 is 1.50 bits per heavy atom. The maximum absolute atomic E-state index is 10.7. The van der Waals surface area contributed by atoms with E-state index in [1.165, 1.54) is 0 Å². The first-order chi connectivity index (χ1) is 9.54. The molecule has 6 heteroatoms. The molecule has 0 fully saturated rings. The molecule has 110 valence electrons. The number of hydrogen-bond acceptors (Lipinski definition) is 4. The lowest BCUT2D eigenvalue weighted by atomic mass is 9.95. The highest BCUT2D eigenvalue weighted by atomic mass is 79.9. The Morgan fingerprint density at radius 3 is 2.85 bits per heavy atom. The SMILES string of the molecule is CCc1c(C(N)CCC(=O)O)cc2c(c1Br)OCCO2. The maximum atomic E-state index is 10.7. The van der Waals surface area contributed by atoms with Crippen LogP contribution in [-0.4, -0.2) is 24.3 Å². The van der Waals surface area contributed by atoms with Crippen LogP contribution in [-0.2, 0) is 11.2 Å². The Morgan fingerprint density at radius 2 is 2.20 bits per heavy atom. The molecule has 0 amide bonds. The van der Waals surface area contributed by atoms with E-state index in [-0.39, 0.29) is 12.5 Å². The van der Waals surface area contributed by atoms with Crippen LogP contribution >= 0.6 is 15.9 Å². The van der Waals surface area contributed by atoms with E-state index in [0.717, 1.165) is 22.0 Å². The van der Waals surface area contributed by atoms with Crippen LogP contribution in [0.5, 0.6) is 11.5 Å². The third-order valence-electron chi connectivity index (χ3n) is 3.33. The van der Waals surface area contributed by atoms with Crippen LogP contribution in [0.1, 0.15) is 36.9 Å². The number of halogens is 1. The standard InChI is InChI=1S/C14H18BrNO4/c1-2-8-9(10(16)3-4-12(17)18)7-11-14(13(8)15)20-6-5-19-11/h7,10H,2-6,16H2,1H3,(H,17,18). The van der Waals surface area contributed by atoms with E-state index < -0.39 is 5.97 Å². The summed E-state index contributed by atoms with van der Waals surface area (Å²) >= 11 is 3.55. The second-order valence-corrected chi connectivity index (χ2v) is 5.47. The van der Waals surface area contributed by atoms with Crippen LogP contribution in [0.3, 0.4) is 0 Å². The van der Waals surface area contributed by atoms with Gasteiger partial charge in [-0.15, -0.1) is 0 Å². The number of hydrogen-bond donors (Lipinski definition) is 2. The molecule has 0 saturated heterocycles. The molecular weight excluding hydrogens is 326 g/mol. The molecule has 1 aliphatic rings. The number of fused-ring (bicyclic) bond motifs is 1. The van der Waals surface area contributed by atoms with E-state index in [0.29, 0.717) is 31.1 Å². The van der Waals surface area contributed by atoms with Gasteiger partial charge in [0.1, 0.15) is 13.2 Å². The first-order valence-electron chi connectivity index (χ1n) is 6.62. The minimum atomic E-state index is -0.838. The summed E-state index contributed by atoms with van der Waals surface area (Å²) in [6, 6.07) is 1.55. The minimum absolute atomic E-state index is 0.0520. The van der Waals surface area contributed by atoms with Crippen molar-refractivity contribution in [2.24, 2.45) is 5.73 Å². The van der Waals surface area contributed by atoms with Crippen molar-refractivity contribution in [2.75, 3.05) is 13.2 Å². The van der Waals surface area contributed by atoms with E-state index in [2.05, 4.69) is 15.9 Å². The van der Waals surface area contributed by atoms with Crippen molar-refractivity contribution in [1.82, 2.24) is 0 Å². The molecule has 1 heterocycles. The van der Waals surface area contributed by atoms with Crippen molar-refractivity contribution in [3.05, 3.63) is 21.7 Å². The van der Waals surface area contributed by atoms with Crippen LogP contribution in [0.2, 0.25) is 0 Å². The van der Waals surface area contributed by atoms with Crippen molar-refractivity contribution in [3.8, 4) is 11.5 Å². The summed E-state index contributed by atoms with van der Waals surface area (Å²) in [5.41, 5.74) is 8.11. The van der Waals surface area contributed by atoms with Gasteiger partial charge in [0.05, 0.1) is 4.47 Å². The Hall–Kier alpha value is -1.27. The normalized spacial score (nSPS) is 14.9. The summed E-state index contributed by atoms with van der Waals surface area (Å²) < 4.78 is 12.1. The Kier molecular flexibility index (Phi) is 4.88. The molecule has 20 heavy (non-hydrogen) atoms. The van der Waals surface area contributed by atoms with Crippen molar-refractivity contribution in [1.29, 1.82) is 0 Å². The van der Waals surface area contributed by atoms with Gasteiger partial charge >= 0.3 is 5.97 Å². The number of carboxylic acid groups (broad SMARTS) is 1. The molecular formula is C14H18BrNO4. The molecule has 1 aromatic rings. The van der Waals surface area contributed by atoms with Crippen LogP contribution in [0.25, 0.3) is 0 Å². The molecule has 0 radical (unpaired) electrons. The highest BCUT2D eigenvalue weighted by Crippen LogP contribution is 2.43. The summed E-state index contributed by atoms with van der Waals surface area (Å²) in [5, 5.41) is 8.77. The molecule has 1 atom stereocenters. The Bertz CT molecular complexity index is 518. The second-order valence-electron chi connectivity index (χ2n) is 4.67. The van der Waals surface area contributed by atoms with E-state index >= 15 is 0 Å². The molecule has 5 nitrogen and oxygen atoms in total. The Labute approximate surface area is 126 Å². The number of ether oxygens (including phenoxy) is 2. The molecule has 3 N–H and O–H groups in total. The number of carbonyl (C=O) groups is 1. The van der Waals surface area contributed by atoms with Gasteiger partial charge in [-0.1, -0.05) is 6.92 Å². The average molecular weight is 344 g/mol. The van der Waals surface area contributed by atoms with Gasteiger partial charge in [0.15, 0.2) is 11.5 Å². The summed E-state index contributed by atoms with van der Waals surface area (Å²) in [4.78, 5) is 10.7. The van der Waals surface area contributed by atoms with Gasteiger partial charge in [0.25, 0.3) is 0 Å². The largest absolute Gasteiger partial charge is 0.486 e. The molecule has 1 unspecified atom stereocenters. The zero-order valence-electron chi connectivity index (χ0n) is 11.3. The second kappa shape index (κ2) is 6.45. The van der Waals surface area contributed by atoms with E-state index in [9.17, 15) is 4.79 Å². The number of nitrogens with two attached hydrogens (primary N) is 1. The van der Waals surface area contributed by atoms with E-state index in [4.69, 9.17) is 20.3 Å². The van der Waals surface area contributed by atoms with Crippen LogP contribution < -0.4 is 15.2 Å². The van der Waals surface area contributed by atoms with Crippen LogP contribution in [0.15, 0.2) is 10.5 Å². The van der Waals surface area contributed by atoms with Crippen molar-refractivity contribution < 1.29 is 19.4 Å². The molecule has 0 aliphatic carbocycles. The van der Waals surface area contributed by atoms with E-state index in [1.807, 2.05) is 13.0 Å². The summed E-state index contributed by atoms with van der Waals surface area (Å²) in [6.07, 6.45) is 1.23. The van der Waals surface area contributed by atoms with E-state index in [1.54, 1.807) is 0 Å². The molecule has 0 saturated carbocycles. The zero-order valence-corrected chi connectivity index (χ0v) is 12.9. The van der Waals surface area contributed by atoms with Gasteiger partial charge in [-0.05, 0) is 46.0 Å². The molecule has 1 aliphatic heterocycles. The van der Waals surface area contributed by atoms with Crippen LogP contribution in [0.4, 0.5) is 0 Å². The van der Waals surface area contributed by atoms with Gasteiger partial charge < -0.3 is 20.3 Å². The predicted molar refractivity (Wildman–Crippen MR) is 78.3 cm³/mol. The number of rotatable bonds is 5. The van der Waals surface area contributed by atoms with Crippen molar-refractivity contribution in [3.63, 3.8) is 0 Å². The molecule has 1 aromatic carbocycles. The van der Waals surface area contributed by atoms with Crippen LogP contribution in [0, 0.1) is 0 Å². The summed E-state index contributed by atoms with van der Waals surface area (Å²) in [5.74, 6) is 0.540. The smallest absolute Gasteiger partial charge is 0.303 e. The fourth-order valence-corrected chi connectivity index (χ4v) is 3.15. The fourth-order valence-electron chi connectivity index (χ4n) is 2.33. The topological polar surface area (TPSA) is 81.8 Å². The maximum Gasteiger partial charge on any atom is 0.303 e. The zero-order chi connectivity index (χ0) is 14.7. The number of aliphatic carboxylic acids is 1. The number of benzene rings is 1. The summed E-state index contributed by atoms with van der Waals surface area (Å²) in [6.45, 7) is 3.07. The molecule has 0 bridgehead atoms. The van der Waals surface area contributed by atoms with Gasteiger partial charge in [0.2, 0.25) is 0 Å². The predicted octanol–water partition coefficient (Wildman–Crippen LogP) is 2.65. The average Bonchev–Trinajstić information content (AvgIpc) is 2.44. The van der Waals surface area contributed by atoms with Crippen molar-refractivity contribution in [2.45, 2.75) is 32.2 Å². The molecule has 0 spiro atoms. The minimum Gasteiger partial charge on any atom is -0.486 e. The van der Waals surface area contributed by atoms with Gasteiger partial charge in [-0.25, -0.2) is 0 Å². The molecule has 0 aromatic heterocycles. The lowest BCUT2D eigenvalue weighted by molar-refractivity contribution is -0.137. The lowest BCUT2D eigenvalue weighted by Crippen LogP contribution is -2.19. The quantitative estimate of drug-likeness (QED) is 0.858.